The van der Waals surface area contributed by atoms with E-state index in [1.54, 1.807) is 6.07 Å². The molecule has 0 aromatic heterocycles. The van der Waals surface area contributed by atoms with Crippen molar-refractivity contribution in [1.82, 2.24) is 0 Å². The number of non-ortho nitro benzene ring substituents is 1. The minimum absolute atomic E-state index is 0.118. The van der Waals surface area contributed by atoms with Gasteiger partial charge < -0.3 is 0 Å². The first-order valence-corrected chi connectivity index (χ1v) is 13.4. The standard InChI is InChI=1S/C32H35NO2/c1-5-18-30-23-12-8-9-13-24(23)31(19-6-2)27-17-16-22(33(34)35)21-28(27)32(20-7-3,29(30,31)4)26-15-11-10-14-25(26)30/h8-17,21H,5-7,18-20H2,1-4H3/t29-,30+,31-,32+/m0/s1. The van der Waals surface area contributed by atoms with Gasteiger partial charge in [0.2, 0.25) is 0 Å². The predicted molar refractivity (Wildman–Crippen MR) is 141 cm³/mol. The topological polar surface area (TPSA) is 43.1 Å². The maximum Gasteiger partial charge on any atom is 0.269 e. The third-order valence-electron chi connectivity index (χ3n) is 10.3. The maximum absolute atomic E-state index is 12.0. The molecule has 3 heteroatoms. The Hall–Kier alpha value is -2.94. The van der Waals surface area contributed by atoms with Crippen LogP contribution in [0.3, 0.4) is 0 Å². The van der Waals surface area contributed by atoms with Crippen LogP contribution in [-0.2, 0) is 16.2 Å². The first kappa shape index (κ1) is 22.5. The summed E-state index contributed by atoms with van der Waals surface area (Å²) in [6.45, 7) is 9.46. The molecule has 3 aliphatic rings. The van der Waals surface area contributed by atoms with Crippen molar-refractivity contribution in [3.8, 4) is 0 Å². The fourth-order valence-electron chi connectivity index (χ4n) is 9.65. The van der Waals surface area contributed by atoms with Gasteiger partial charge in [-0.25, -0.2) is 0 Å². The fourth-order valence-corrected chi connectivity index (χ4v) is 9.65. The van der Waals surface area contributed by atoms with Gasteiger partial charge in [-0.2, -0.15) is 0 Å². The van der Waals surface area contributed by atoms with Crippen molar-refractivity contribution in [2.24, 2.45) is 5.41 Å². The van der Waals surface area contributed by atoms with E-state index >= 15 is 0 Å². The Bertz CT molecular complexity index is 1360. The largest absolute Gasteiger partial charge is 0.269 e. The Balaban J connectivity index is 1.90. The van der Waals surface area contributed by atoms with Crippen molar-refractivity contribution in [3.63, 3.8) is 0 Å². The van der Waals surface area contributed by atoms with E-state index in [-0.39, 0.29) is 32.3 Å². The molecule has 0 heterocycles. The highest BCUT2D eigenvalue weighted by molar-refractivity contribution is 5.78. The molecule has 0 spiro atoms. The first-order valence-electron chi connectivity index (χ1n) is 13.4. The van der Waals surface area contributed by atoms with Crippen molar-refractivity contribution in [2.75, 3.05) is 0 Å². The van der Waals surface area contributed by atoms with Gasteiger partial charge in [0.25, 0.3) is 5.69 Å². The average Bonchev–Trinajstić information content (AvgIpc) is 3.28. The number of benzene rings is 3. The molecule has 3 aliphatic carbocycles. The van der Waals surface area contributed by atoms with E-state index in [0.29, 0.717) is 0 Å². The summed E-state index contributed by atoms with van der Waals surface area (Å²) >= 11 is 0. The van der Waals surface area contributed by atoms with Gasteiger partial charge in [0, 0.05) is 33.8 Å². The third-order valence-corrected chi connectivity index (χ3v) is 10.3. The summed E-state index contributed by atoms with van der Waals surface area (Å²) < 4.78 is 0. The van der Waals surface area contributed by atoms with Crippen LogP contribution >= 0.6 is 0 Å². The smallest absolute Gasteiger partial charge is 0.258 e. The molecule has 3 aromatic carbocycles. The summed E-state index contributed by atoms with van der Waals surface area (Å²) in [7, 11) is 0. The Kier molecular flexibility index (Phi) is 4.69. The van der Waals surface area contributed by atoms with Gasteiger partial charge in [-0.05, 0) is 52.6 Å². The number of nitrogens with zero attached hydrogens (tertiary/aromatic N) is 1. The van der Waals surface area contributed by atoms with Crippen molar-refractivity contribution in [2.45, 2.75) is 82.5 Å². The lowest BCUT2D eigenvalue weighted by molar-refractivity contribution is -0.385. The van der Waals surface area contributed by atoms with Crippen molar-refractivity contribution in [1.29, 1.82) is 0 Å². The lowest BCUT2D eigenvalue weighted by atomic mass is 9.48. The number of nitro groups is 1. The number of rotatable bonds is 7. The highest BCUT2D eigenvalue weighted by Crippen LogP contribution is 2.85. The molecule has 35 heavy (non-hydrogen) atoms. The lowest BCUT2D eigenvalue weighted by Gasteiger charge is -2.53. The summed E-state index contributed by atoms with van der Waals surface area (Å²) in [5, 5.41) is 12.0. The number of hydrogen-bond acceptors (Lipinski definition) is 2. The van der Waals surface area contributed by atoms with Crippen LogP contribution in [0.5, 0.6) is 0 Å². The van der Waals surface area contributed by atoms with Gasteiger partial charge >= 0.3 is 0 Å². The summed E-state index contributed by atoms with van der Waals surface area (Å²) in [6, 6.07) is 24.2. The Morgan fingerprint density at radius 1 is 0.629 bits per heavy atom. The molecule has 6 rings (SSSR count). The van der Waals surface area contributed by atoms with E-state index in [1.807, 2.05) is 6.07 Å². The summed E-state index contributed by atoms with van der Waals surface area (Å²) in [5.74, 6) is 0. The zero-order chi connectivity index (χ0) is 24.6. The molecule has 3 aromatic rings. The highest BCUT2D eigenvalue weighted by Gasteiger charge is 2.82. The molecule has 3 nitrogen and oxygen atoms in total. The molecule has 4 atom stereocenters. The van der Waals surface area contributed by atoms with E-state index < -0.39 is 0 Å². The van der Waals surface area contributed by atoms with E-state index in [0.717, 1.165) is 38.5 Å². The average molecular weight is 466 g/mol. The van der Waals surface area contributed by atoms with Crippen LogP contribution in [0.2, 0.25) is 0 Å². The number of fused-ring (bicyclic) bond motifs is 9. The van der Waals surface area contributed by atoms with Gasteiger partial charge in [0.15, 0.2) is 0 Å². The molecule has 0 radical (unpaired) electrons. The van der Waals surface area contributed by atoms with Crippen LogP contribution in [-0.4, -0.2) is 4.92 Å². The van der Waals surface area contributed by atoms with E-state index in [4.69, 9.17) is 0 Å². The van der Waals surface area contributed by atoms with Crippen LogP contribution in [0.25, 0.3) is 0 Å². The number of hydrogen-bond donors (Lipinski definition) is 0. The molecule has 0 unspecified atom stereocenters. The van der Waals surface area contributed by atoms with Crippen LogP contribution in [0, 0.1) is 15.5 Å². The van der Waals surface area contributed by atoms with E-state index in [1.165, 1.54) is 33.4 Å². The molecule has 0 N–H and O–H groups in total. The van der Waals surface area contributed by atoms with Gasteiger partial charge in [0.1, 0.15) is 0 Å². The highest BCUT2D eigenvalue weighted by atomic mass is 16.6. The van der Waals surface area contributed by atoms with Gasteiger partial charge in [-0.1, -0.05) is 102 Å². The van der Waals surface area contributed by atoms with E-state index in [2.05, 4.69) is 82.3 Å². The van der Waals surface area contributed by atoms with Crippen LogP contribution in [0.4, 0.5) is 5.69 Å². The predicted octanol–water partition coefficient (Wildman–Crippen LogP) is 8.20. The Labute approximate surface area is 208 Å². The second kappa shape index (κ2) is 7.29. The summed E-state index contributed by atoms with van der Waals surface area (Å²) in [6.07, 6.45) is 6.34. The monoisotopic (exact) mass is 465 g/mol. The van der Waals surface area contributed by atoms with Gasteiger partial charge in [-0.15, -0.1) is 0 Å². The van der Waals surface area contributed by atoms with Crippen LogP contribution in [0.1, 0.15) is 99.6 Å². The van der Waals surface area contributed by atoms with E-state index in [9.17, 15) is 10.1 Å². The second-order valence-electron chi connectivity index (χ2n) is 11.2. The minimum Gasteiger partial charge on any atom is -0.258 e. The molecule has 0 amide bonds. The molecule has 0 saturated heterocycles. The number of nitro benzene ring substituents is 1. The van der Waals surface area contributed by atoms with Gasteiger partial charge in [-0.3, -0.25) is 10.1 Å². The zero-order valence-corrected chi connectivity index (χ0v) is 21.4. The summed E-state index contributed by atoms with van der Waals surface area (Å²) in [4.78, 5) is 11.8. The van der Waals surface area contributed by atoms with Crippen LogP contribution in [0.15, 0.2) is 66.7 Å². The Morgan fingerprint density at radius 3 is 1.37 bits per heavy atom. The lowest BCUT2D eigenvalue weighted by Crippen LogP contribution is -2.54. The molecular formula is C32H35NO2. The molecule has 0 bridgehead atoms. The maximum atomic E-state index is 12.0. The molecule has 0 saturated carbocycles. The van der Waals surface area contributed by atoms with Crippen LogP contribution < -0.4 is 0 Å². The second-order valence-corrected chi connectivity index (χ2v) is 11.2. The first-order chi connectivity index (χ1) is 16.9. The van der Waals surface area contributed by atoms with Crippen molar-refractivity contribution < 1.29 is 4.92 Å². The fraction of sp³-hybridized carbons (Fsp3) is 0.438. The van der Waals surface area contributed by atoms with Gasteiger partial charge in [0.05, 0.1) is 4.92 Å². The molecule has 0 fully saturated rings. The molecule has 0 aliphatic heterocycles. The van der Waals surface area contributed by atoms with Crippen molar-refractivity contribution in [3.05, 3.63) is 110 Å². The SMILES string of the molecule is CCC[C@@]12c3ccccc3[C@@]3(CCC)c4ccc([N+](=O)[O-])cc4[C@@](CCC)(c4ccccc41)[C@@]23C. The molecule has 180 valence electrons. The normalized spacial score (nSPS) is 31.1. The molecular weight excluding hydrogens is 430 g/mol. The third kappa shape index (κ3) is 2.13. The quantitative estimate of drug-likeness (QED) is 0.261. The zero-order valence-electron chi connectivity index (χ0n) is 21.4. The van der Waals surface area contributed by atoms with Crippen molar-refractivity contribution >= 4 is 5.69 Å². The summed E-state index contributed by atoms with van der Waals surface area (Å²) in [5.41, 5.74) is 7.89. The minimum atomic E-state index is -0.261. The Morgan fingerprint density at radius 2 is 1.00 bits per heavy atom.